The molecule has 4 amide bonds. The quantitative estimate of drug-likeness (QED) is 0.188. The van der Waals surface area contributed by atoms with Gasteiger partial charge < -0.3 is 35.4 Å². The average Bonchev–Trinajstić information content (AvgIpc) is 3.65. The van der Waals surface area contributed by atoms with Crippen LogP contribution in [0.3, 0.4) is 0 Å². The third-order valence-electron chi connectivity index (χ3n) is 10.3. The minimum Gasteiger partial charge on any atom is -0.497 e. The lowest BCUT2D eigenvalue weighted by Gasteiger charge is -2.36. The number of carbonyl (C=O) groups excluding carboxylic acids is 3. The zero-order valence-electron chi connectivity index (χ0n) is 31.3. The molecule has 1 aliphatic carbocycles. The Kier molecular flexibility index (Phi) is 10.6. The summed E-state index contributed by atoms with van der Waals surface area (Å²) in [6.45, 7) is 17.2. The number of hydrogen-bond acceptors (Lipinski definition) is 7. The Bertz CT molecular complexity index is 1850. The van der Waals surface area contributed by atoms with Gasteiger partial charge >= 0.3 is 12.0 Å². The highest BCUT2D eigenvalue weighted by Gasteiger charge is 2.61. The molecule has 1 saturated carbocycles. The number of fused-ring (bicyclic) bond motifs is 1. The molecule has 12 nitrogen and oxygen atoms in total. The van der Waals surface area contributed by atoms with Crippen LogP contribution in [0.5, 0.6) is 11.5 Å². The fraction of sp³-hybridized carbons (Fsp3) is 0.475. The number of ether oxygens (including phenoxy) is 2. The number of rotatable bonds is 11. The van der Waals surface area contributed by atoms with E-state index in [0.717, 1.165) is 5.56 Å². The molecular formula is C40H51N5O7. The second-order valence-corrected chi connectivity index (χ2v) is 16.1. The minimum atomic E-state index is -1.50. The van der Waals surface area contributed by atoms with Crippen molar-refractivity contribution in [2.24, 2.45) is 16.7 Å². The molecule has 1 saturated heterocycles. The number of nitrogens with zero attached hydrogens (tertiary/aromatic N) is 2. The highest BCUT2D eigenvalue weighted by atomic mass is 16.5. The molecular weight excluding hydrogens is 662 g/mol. The van der Waals surface area contributed by atoms with Crippen molar-refractivity contribution >= 4 is 34.7 Å². The van der Waals surface area contributed by atoms with Crippen LogP contribution in [-0.4, -0.2) is 82.2 Å². The molecule has 0 spiro atoms. The van der Waals surface area contributed by atoms with Crippen LogP contribution in [0.4, 0.5) is 4.79 Å². The maximum atomic E-state index is 14.6. The number of aromatic nitrogens is 1. The first-order valence-electron chi connectivity index (χ1n) is 17.6. The standard InChI is InChI=1S/C40H51N5O7/c1-10-25-21-40(25,36(48)49)44-34(46)31-19-27(22-45(31)35(47)33(39(6,7)8)43-37(50)41-23(2)38(3,4)5)52-32-20-29(24-14-12-11-13-15-24)42-30-18-26(51-9)16-17-28(30)32/h10-18,20,23,25,27,31,33H,1,19,21-22H2,2-9H3,(H,44,46)(H,48,49)(H2,41,43,50)/t23-,25-,27+,31-,33+,40?/m0/s1. The predicted octanol–water partition coefficient (Wildman–Crippen LogP) is 5.55. The lowest BCUT2D eigenvalue weighted by atomic mass is 9.85. The zero-order valence-corrected chi connectivity index (χ0v) is 31.3. The van der Waals surface area contributed by atoms with Gasteiger partial charge in [-0.05, 0) is 36.3 Å². The van der Waals surface area contributed by atoms with Crippen LogP contribution in [0.2, 0.25) is 0 Å². The topological polar surface area (TPSA) is 159 Å². The smallest absolute Gasteiger partial charge is 0.330 e. The number of benzene rings is 2. The molecule has 278 valence electrons. The van der Waals surface area contributed by atoms with Gasteiger partial charge in [-0.25, -0.2) is 14.6 Å². The molecule has 1 aromatic heterocycles. The summed E-state index contributed by atoms with van der Waals surface area (Å²) in [5, 5.41) is 19.3. The molecule has 2 fully saturated rings. The van der Waals surface area contributed by atoms with E-state index in [2.05, 4.69) is 22.5 Å². The summed E-state index contributed by atoms with van der Waals surface area (Å²) in [5.74, 6) is -1.58. The van der Waals surface area contributed by atoms with Crippen molar-refractivity contribution in [2.45, 2.75) is 91.1 Å². The minimum absolute atomic E-state index is 0.0107. The van der Waals surface area contributed by atoms with Crippen molar-refractivity contribution in [3.05, 3.63) is 67.3 Å². The number of pyridine rings is 1. The number of carbonyl (C=O) groups is 4. The van der Waals surface area contributed by atoms with Gasteiger partial charge in [0.2, 0.25) is 11.8 Å². The van der Waals surface area contributed by atoms with Crippen molar-refractivity contribution in [2.75, 3.05) is 13.7 Å². The second kappa shape index (κ2) is 14.5. The number of methoxy groups -OCH3 is 1. The van der Waals surface area contributed by atoms with Gasteiger partial charge in [-0.15, -0.1) is 6.58 Å². The van der Waals surface area contributed by atoms with Crippen LogP contribution in [0.15, 0.2) is 67.3 Å². The SMILES string of the molecule is C=C[C@H]1CC1(NC(=O)[C@@H]1C[C@@H](Oc2cc(-c3ccccc3)nc3cc(OC)ccc23)CN1C(=O)[C@@H](NC(=O)N[C@@H](C)C(C)(C)C)C(C)(C)C)C(=O)O. The molecule has 12 heteroatoms. The molecule has 1 unspecified atom stereocenters. The molecule has 6 atom stereocenters. The Balaban J connectivity index is 1.50. The van der Waals surface area contributed by atoms with E-state index in [1.165, 1.54) is 11.0 Å². The van der Waals surface area contributed by atoms with Gasteiger partial charge in [-0.1, -0.05) is 78.0 Å². The summed E-state index contributed by atoms with van der Waals surface area (Å²) >= 11 is 0. The normalized spacial score (nSPS) is 22.5. The molecule has 0 radical (unpaired) electrons. The largest absolute Gasteiger partial charge is 0.497 e. The maximum Gasteiger partial charge on any atom is 0.330 e. The highest BCUT2D eigenvalue weighted by molar-refractivity contribution is 5.96. The van der Waals surface area contributed by atoms with Crippen LogP contribution in [0, 0.1) is 16.7 Å². The zero-order chi connectivity index (χ0) is 38.2. The van der Waals surface area contributed by atoms with Crippen LogP contribution in [0.1, 0.15) is 61.3 Å². The van der Waals surface area contributed by atoms with Crippen molar-refractivity contribution in [1.29, 1.82) is 0 Å². The first-order valence-corrected chi connectivity index (χ1v) is 17.6. The summed E-state index contributed by atoms with van der Waals surface area (Å²) in [5.41, 5.74) is -0.307. The first-order chi connectivity index (χ1) is 24.4. The Morgan fingerprint density at radius 1 is 1.02 bits per heavy atom. The number of carboxylic acid groups (broad SMARTS) is 1. The Hall–Kier alpha value is -5.13. The van der Waals surface area contributed by atoms with Gasteiger partial charge in [0.15, 0.2) is 0 Å². The first kappa shape index (κ1) is 38.1. The van der Waals surface area contributed by atoms with Crippen LogP contribution in [-0.2, 0) is 14.4 Å². The molecule has 5 rings (SSSR count). The van der Waals surface area contributed by atoms with Crippen molar-refractivity contribution in [3.8, 4) is 22.8 Å². The van der Waals surface area contributed by atoms with Gasteiger partial charge in [0.25, 0.3) is 0 Å². The molecule has 3 aromatic rings. The van der Waals surface area contributed by atoms with Gasteiger partial charge in [0.05, 0.1) is 24.9 Å². The van der Waals surface area contributed by atoms with Crippen LogP contribution in [0.25, 0.3) is 22.2 Å². The summed E-state index contributed by atoms with van der Waals surface area (Å²) in [6, 6.07) is 14.1. The van der Waals surface area contributed by atoms with Gasteiger partial charge in [0, 0.05) is 41.5 Å². The predicted molar refractivity (Wildman–Crippen MR) is 199 cm³/mol. The lowest BCUT2D eigenvalue weighted by molar-refractivity contribution is -0.146. The van der Waals surface area contributed by atoms with Gasteiger partial charge in [0.1, 0.15) is 35.2 Å². The fourth-order valence-corrected chi connectivity index (χ4v) is 6.43. The van der Waals surface area contributed by atoms with Crippen molar-refractivity contribution < 1.29 is 33.8 Å². The van der Waals surface area contributed by atoms with Crippen LogP contribution < -0.4 is 25.4 Å². The van der Waals surface area contributed by atoms with E-state index in [9.17, 15) is 24.3 Å². The van der Waals surface area contributed by atoms with E-state index in [1.54, 1.807) is 7.11 Å². The third-order valence-corrected chi connectivity index (χ3v) is 10.3. The van der Waals surface area contributed by atoms with Crippen LogP contribution >= 0.6 is 0 Å². The molecule has 2 aliphatic rings. The molecule has 52 heavy (non-hydrogen) atoms. The third kappa shape index (κ3) is 8.00. The van der Waals surface area contributed by atoms with Gasteiger partial charge in [-0.2, -0.15) is 0 Å². The summed E-state index contributed by atoms with van der Waals surface area (Å²) < 4.78 is 12.1. The fourth-order valence-electron chi connectivity index (χ4n) is 6.43. The van der Waals surface area contributed by atoms with E-state index in [0.29, 0.717) is 28.1 Å². The number of urea groups is 1. The van der Waals surface area contributed by atoms with E-state index in [1.807, 2.05) is 103 Å². The van der Waals surface area contributed by atoms with Gasteiger partial charge in [-0.3, -0.25) is 9.59 Å². The highest BCUT2D eigenvalue weighted by Crippen LogP contribution is 2.45. The molecule has 2 aromatic carbocycles. The number of likely N-dealkylation sites (tertiary alicyclic amines) is 1. The Morgan fingerprint density at radius 2 is 1.71 bits per heavy atom. The molecule has 1 aliphatic heterocycles. The number of carboxylic acids is 1. The molecule has 2 heterocycles. The lowest BCUT2D eigenvalue weighted by Crippen LogP contribution is -2.61. The number of hydrogen-bond donors (Lipinski definition) is 4. The Labute approximate surface area is 305 Å². The number of aliphatic carboxylic acids is 1. The summed E-state index contributed by atoms with van der Waals surface area (Å²) in [4.78, 5) is 60.5. The summed E-state index contributed by atoms with van der Waals surface area (Å²) in [6.07, 6.45) is 1.13. The van der Waals surface area contributed by atoms with Crippen molar-refractivity contribution in [1.82, 2.24) is 25.8 Å². The monoisotopic (exact) mass is 713 g/mol. The van der Waals surface area contributed by atoms with E-state index in [-0.39, 0.29) is 30.8 Å². The summed E-state index contributed by atoms with van der Waals surface area (Å²) in [7, 11) is 1.58. The molecule has 0 bridgehead atoms. The maximum absolute atomic E-state index is 14.6. The van der Waals surface area contributed by atoms with Crippen molar-refractivity contribution in [3.63, 3.8) is 0 Å². The number of amides is 4. The van der Waals surface area contributed by atoms with E-state index >= 15 is 0 Å². The van der Waals surface area contributed by atoms with E-state index in [4.69, 9.17) is 14.5 Å². The second-order valence-electron chi connectivity index (χ2n) is 16.1. The molecule has 4 N–H and O–H groups in total. The average molecular weight is 714 g/mol. The Morgan fingerprint density at radius 3 is 2.29 bits per heavy atom. The van der Waals surface area contributed by atoms with E-state index < -0.39 is 58.9 Å². The number of nitrogens with one attached hydrogen (secondary N) is 3.